The van der Waals surface area contributed by atoms with Gasteiger partial charge in [-0.3, -0.25) is 14.8 Å². The molecular formula is C19H22N6O. The van der Waals surface area contributed by atoms with Gasteiger partial charge < -0.3 is 15.5 Å². The van der Waals surface area contributed by atoms with Crippen LogP contribution in [0.2, 0.25) is 0 Å². The first kappa shape index (κ1) is 17.7. The minimum atomic E-state index is 0.240. The average Bonchev–Trinajstić information content (AvgIpc) is 3.07. The first-order valence-corrected chi connectivity index (χ1v) is 8.78. The quantitative estimate of drug-likeness (QED) is 0.624. The van der Waals surface area contributed by atoms with Crippen molar-refractivity contribution >= 4 is 17.4 Å². The molecule has 0 radical (unpaired) electrons. The van der Waals surface area contributed by atoms with E-state index in [1.54, 1.807) is 6.20 Å². The number of hydrogen-bond donors (Lipinski definition) is 2. The van der Waals surface area contributed by atoms with Crippen LogP contribution in [0.3, 0.4) is 0 Å². The van der Waals surface area contributed by atoms with Crippen molar-refractivity contribution in [1.29, 1.82) is 5.26 Å². The molecule has 0 unspecified atom stereocenters. The molecule has 2 N–H and O–H groups in total. The van der Waals surface area contributed by atoms with Crippen molar-refractivity contribution in [3.05, 3.63) is 47.6 Å². The molecule has 0 bridgehead atoms. The standard InChI is InChI=1S/C19H22N6O/c1-14-13-23-19(22-9-5-11-25-10-4-7-17(25)26)24-18(14)15(12-20)16-6-2-3-8-21-16/h2-3,6,8,13H,4-5,7,9-11H2,1H3,(H2,22,23,24)/b18-15-. The molecule has 1 saturated heterocycles. The third kappa shape index (κ3) is 4.09. The summed E-state index contributed by atoms with van der Waals surface area (Å²) in [5.41, 5.74) is 2.72. The van der Waals surface area contributed by atoms with Crippen molar-refractivity contribution in [2.24, 2.45) is 4.99 Å². The average molecular weight is 350 g/mol. The summed E-state index contributed by atoms with van der Waals surface area (Å²) >= 11 is 0. The molecule has 7 heteroatoms. The lowest BCUT2D eigenvalue weighted by Gasteiger charge is -2.21. The molecule has 2 aliphatic heterocycles. The van der Waals surface area contributed by atoms with E-state index in [1.807, 2.05) is 36.2 Å². The number of nitrogens with one attached hydrogen (secondary N) is 2. The zero-order chi connectivity index (χ0) is 18.4. The Balaban J connectivity index is 1.67. The summed E-state index contributed by atoms with van der Waals surface area (Å²) in [7, 11) is 0. The summed E-state index contributed by atoms with van der Waals surface area (Å²) in [6.07, 6.45) is 5.93. The van der Waals surface area contributed by atoms with E-state index in [0.717, 1.165) is 31.5 Å². The molecule has 1 fully saturated rings. The fourth-order valence-corrected chi connectivity index (χ4v) is 2.99. The minimum Gasteiger partial charge on any atom is -0.343 e. The molecule has 0 aliphatic carbocycles. The molecule has 2 aliphatic rings. The number of amides is 1. The molecule has 3 heterocycles. The summed E-state index contributed by atoms with van der Waals surface area (Å²) in [6.45, 7) is 4.12. The van der Waals surface area contributed by atoms with Gasteiger partial charge in [-0.25, -0.2) is 0 Å². The third-order valence-corrected chi connectivity index (χ3v) is 4.37. The van der Waals surface area contributed by atoms with E-state index in [4.69, 9.17) is 0 Å². The van der Waals surface area contributed by atoms with E-state index in [0.29, 0.717) is 35.9 Å². The highest BCUT2D eigenvalue weighted by atomic mass is 16.2. The Morgan fingerprint density at radius 3 is 3.04 bits per heavy atom. The van der Waals surface area contributed by atoms with Gasteiger partial charge in [0.2, 0.25) is 5.91 Å². The summed E-state index contributed by atoms with van der Waals surface area (Å²) in [6, 6.07) is 7.72. The fourth-order valence-electron chi connectivity index (χ4n) is 2.99. The van der Waals surface area contributed by atoms with Gasteiger partial charge in [-0.2, -0.15) is 5.26 Å². The van der Waals surface area contributed by atoms with Crippen molar-refractivity contribution < 1.29 is 4.79 Å². The molecule has 0 atom stereocenters. The lowest BCUT2D eigenvalue weighted by molar-refractivity contribution is -0.127. The second-order valence-electron chi connectivity index (χ2n) is 6.24. The van der Waals surface area contributed by atoms with Crippen LogP contribution in [-0.4, -0.2) is 41.4 Å². The number of rotatable bonds is 5. The molecule has 1 amide bonds. The van der Waals surface area contributed by atoms with Gasteiger partial charge in [0.1, 0.15) is 11.6 Å². The van der Waals surface area contributed by atoms with Crippen LogP contribution in [0.15, 0.2) is 46.9 Å². The Kier molecular flexibility index (Phi) is 5.64. The smallest absolute Gasteiger partial charge is 0.222 e. The molecule has 0 spiro atoms. The van der Waals surface area contributed by atoms with Gasteiger partial charge in [0, 0.05) is 38.5 Å². The van der Waals surface area contributed by atoms with Crippen molar-refractivity contribution in [2.45, 2.75) is 26.2 Å². The Morgan fingerprint density at radius 2 is 2.35 bits per heavy atom. The number of hydrogen-bond acceptors (Lipinski definition) is 4. The highest BCUT2D eigenvalue weighted by molar-refractivity contribution is 5.90. The van der Waals surface area contributed by atoms with Crippen LogP contribution in [0.4, 0.5) is 0 Å². The maximum absolute atomic E-state index is 11.6. The van der Waals surface area contributed by atoms with Crippen molar-refractivity contribution in [3.8, 4) is 6.07 Å². The van der Waals surface area contributed by atoms with Crippen LogP contribution in [0.5, 0.6) is 0 Å². The molecule has 3 rings (SSSR count). The number of guanidine groups is 1. The Labute approximate surface area is 153 Å². The number of likely N-dealkylation sites (tertiary alicyclic amines) is 1. The van der Waals surface area contributed by atoms with Crippen LogP contribution in [0.1, 0.15) is 31.9 Å². The maximum Gasteiger partial charge on any atom is 0.222 e. The summed E-state index contributed by atoms with van der Waals surface area (Å²) in [5, 5.41) is 15.9. The molecule has 1 aromatic heterocycles. The van der Waals surface area contributed by atoms with E-state index in [1.165, 1.54) is 0 Å². The molecule has 7 nitrogen and oxygen atoms in total. The van der Waals surface area contributed by atoms with Gasteiger partial charge in [-0.05, 0) is 37.5 Å². The van der Waals surface area contributed by atoms with Gasteiger partial charge in [0.05, 0.1) is 11.4 Å². The molecule has 0 saturated carbocycles. The second-order valence-corrected chi connectivity index (χ2v) is 6.24. The monoisotopic (exact) mass is 350 g/mol. The van der Waals surface area contributed by atoms with Crippen LogP contribution < -0.4 is 10.6 Å². The number of nitrogens with zero attached hydrogens (tertiary/aromatic N) is 4. The van der Waals surface area contributed by atoms with E-state index in [-0.39, 0.29) is 5.91 Å². The largest absolute Gasteiger partial charge is 0.343 e. The predicted octanol–water partition coefficient (Wildman–Crippen LogP) is 1.78. The molecule has 1 aromatic rings. The lowest BCUT2D eigenvalue weighted by Crippen LogP contribution is -2.39. The number of aliphatic imine (C=N–C) groups is 1. The minimum absolute atomic E-state index is 0.240. The van der Waals surface area contributed by atoms with Crippen LogP contribution in [0.25, 0.3) is 5.57 Å². The molecule has 26 heavy (non-hydrogen) atoms. The third-order valence-electron chi connectivity index (χ3n) is 4.37. The number of allylic oxidation sites excluding steroid dienone is 2. The topological polar surface area (TPSA) is 93.4 Å². The van der Waals surface area contributed by atoms with Gasteiger partial charge in [-0.1, -0.05) is 6.07 Å². The summed E-state index contributed by atoms with van der Waals surface area (Å²) in [5.74, 6) is 0.839. The van der Waals surface area contributed by atoms with Crippen molar-refractivity contribution in [2.75, 3.05) is 19.6 Å². The SMILES string of the molecule is CC1=CNC(=NCCCN2CCCC2=O)N/C1=C(/C#N)c1ccccn1. The van der Waals surface area contributed by atoms with Gasteiger partial charge in [-0.15, -0.1) is 0 Å². The predicted molar refractivity (Wildman–Crippen MR) is 99.5 cm³/mol. The zero-order valence-electron chi connectivity index (χ0n) is 14.8. The van der Waals surface area contributed by atoms with E-state index < -0.39 is 0 Å². The Bertz CT molecular complexity index is 803. The van der Waals surface area contributed by atoms with Crippen LogP contribution in [0, 0.1) is 11.3 Å². The van der Waals surface area contributed by atoms with Gasteiger partial charge >= 0.3 is 0 Å². The van der Waals surface area contributed by atoms with E-state index in [9.17, 15) is 10.1 Å². The van der Waals surface area contributed by atoms with Crippen LogP contribution >= 0.6 is 0 Å². The molecule has 134 valence electrons. The van der Waals surface area contributed by atoms with Gasteiger partial charge in [0.25, 0.3) is 0 Å². The van der Waals surface area contributed by atoms with Crippen molar-refractivity contribution in [3.63, 3.8) is 0 Å². The second kappa shape index (κ2) is 8.30. The first-order chi connectivity index (χ1) is 12.7. The summed E-state index contributed by atoms with van der Waals surface area (Å²) in [4.78, 5) is 22.3. The number of carbonyl (C=O) groups is 1. The number of nitriles is 1. The number of carbonyl (C=O) groups excluding carboxylic acids is 1. The highest BCUT2D eigenvalue weighted by Gasteiger charge is 2.19. The zero-order valence-corrected chi connectivity index (χ0v) is 14.8. The normalized spacial score (nSPS) is 20.3. The molecular weight excluding hydrogens is 328 g/mol. The molecule has 0 aromatic carbocycles. The van der Waals surface area contributed by atoms with E-state index in [2.05, 4.69) is 26.7 Å². The lowest BCUT2D eigenvalue weighted by atomic mass is 10.1. The maximum atomic E-state index is 11.6. The van der Waals surface area contributed by atoms with E-state index >= 15 is 0 Å². The summed E-state index contributed by atoms with van der Waals surface area (Å²) < 4.78 is 0. The Hall–Kier alpha value is -3.14. The van der Waals surface area contributed by atoms with Crippen molar-refractivity contribution in [1.82, 2.24) is 20.5 Å². The fraction of sp³-hybridized carbons (Fsp3) is 0.368. The van der Waals surface area contributed by atoms with Crippen LogP contribution in [-0.2, 0) is 4.79 Å². The highest BCUT2D eigenvalue weighted by Crippen LogP contribution is 2.21. The Morgan fingerprint density at radius 1 is 1.46 bits per heavy atom. The first-order valence-electron chi connectivity index (χ1n) is 8.78. The number of pyridine rings is 1. The number of aromatic nitrogens is 1. The van der Waals surface area contributed by atoms with Gasteiger partial charge in [0.15, 0.2) is 5.96 Å².